The molecule has 1 aliphatic heterocycles. The second-order valence-electron chi connectivity index (χ2n) is 4.71. The number of hydrogen-bond acceptors (Lipinski definition) is 3. The Labute approximate surface area is 96.0 Å². The Balaban J connectivity index is 1.97. The molecule has 1 saturated carbocycles. The predicted molar refractivity (Wildman–Crippen MR) is 62.4 cm³/mol. The number of nitrogens with one attached hydrogen (secondary N) is 2. The summed E-state index contributed by atoms with van der Waals surface area (Å²) >= 11 is 0. The Morgan fingerprint density at radius 1 is 1.50 bits per heavy atom. The van der Waals surface area contributed by atoms with Crippen molar-refractivity contribution in [1.29, 1.82) is 0 Å². The minimum atomic E-state index is -0.883. The molecule has 1 heterocycles. The number of urea groups is 1. The minimum absolute atomic E-state index is 0.173. The van der Waals surface area contributed by atoms with Crippen LogP contribution in [0.1, 0.15) is 32.1 Å². The van der Waals surface area contributed by atoms with Crippen LogP contribution < -0.4 is 16.4 Å². The van der Waals surface area contributed by atoms with Crippen LogP contribution in [0.3, 0.4) is 0 Å². The quantitative estimate of drug-likeness (QED) is 0.604. The van der Waals surface area contributed by atoms with Gasteiger partial charge in [0.1, 0.15) is 0 Å². The van der Waals surface area contributed by atoms with Gasteiger partial charge in [-0.2, -0.15) is 0 Å². The van der Waals surface area contributed by atoms with E-state index in [0.29, 0.717) is 6.04 Å². The smallest absolute Gasteiger partial charge is 0.304 e. The molecule has 0 saturated heterocycles. The lowest BCUT2D eigenvalue weighted by Crippen LogP contribution is -2.69. The summed E-state index contributed by atoms with van der Waals surface area (Å²) in [6.45, 7) is 0. The van der Waals surface area contributed by atoms with Crippen molar-refractivity contribution in [2.75, 3.05) is 7.05 Å². The van der Waals surface area contributed by atoms with Crippen LogP contribution in [0.5, 0.6) is 0 Å². The van der Waals surface area contributed by atoms with Crippen molar-refractivity contribution < 1.29 is 4.79 Å². The van der Waals surface area contributed by atoms with Crippen molar-refractivity contribution in [3.63, 3.8) is 0 Å². The summed E-state index contributed by atoms with van der Waals surface area (Å²) in [6, 6.07) is 0.236. The van der Waals surface area contributed by atoms with Crippen LogP contribution in [0.25, 0.3) is 0 Å². The van der Waals surface area contributed by atoms with Crippen LogP contribution in [0, 0.1) is 0 Å². The monoisotopic (exact) mass is 224 g/mol. The zero-order valence-corrected chi connectivity index (χ0v) is 9.70. The molecule has 1 fully saturated rings. The van der Waals surface area contributed by atoms with E-state index in [1.54, 1.807) is 19.3 Å². The summed E-state index contributed by atoms with van der Waals surface area (Å²) in [5, 5.41) is 6.07. The summed E-state index contributed by atoms with van der Waals surface area (Å²) in [4.78, 5) is 13.0. The molecule has 90 valence electrons. The fraction of sp³-hybridized carbons (Fsp3) is 0.727. The van der Waals surface area contributed by atoms with Crippen LogP contribution in [-0.4, -0.2) is 29.8 Å². The van der Waals surface area contributed by atoms with Gasteiger partial charge in [-0.1, -0.05) is 19.3 Å². The van der Waals surface area contributed by atoms with Gasteiger partial charge in [-0.3, -0.25) is 11.1 Å². The summed E-state index contributed by atoms with van der Waals surface area (Å²) in [5.74, 6) is -0.883. The molecule has 0 spiro atoms. The van der Waals surface area contributed by atoms with E-state index >= 15 is 0 Å². The molecule has 1 unspecified atom stereocenters. The van der Waals surface area contributed by atoms with Gasteiger partial charge in [-0.25, -0.2) is 4.79 Å². The molecule has 5 heteroatoms. The number of rotatable bonds is 2. The molecule has 16 heavy (non-hydrogen) atoms. The molecule has 0 aromatic carbocycles. The first-order valence-corrected chi connectivity index (χ1v) is 5.90. The Morgan fingerprint density at radius 2 is 2.19 bits per heavy atom. The van der Waals surface area contributed by atoms with Gasteiger partial charge in [0, 0.05) is 19.3 Å². The lowest BCUT2D eigenvalue weighted by molar-refractivity contribution is 0.189. The predicted octanol–water partition coefficient (Wildman–Crippen LogP) is 0.690. The first kappa shape index (κ1) is 11.4. The van der Waals surface area contributed by atoms with Gasteiger partial charge >= 0.3 is 6.03 Å². The van der Waals surface area contributed by atoms with Gasteiger partial charge in [-0.15, -0.1) is 0 Å². The highest BCUT2D eigenvalue weighted by atomic mass is 16.2. The maximum absolute atomic E-state index is 11.5. The molecule has 2 aliphatic rings. The van der Waals surface area contributed by atoms with E-state index in [1.165, 1.54) is 24.2 Å². The van der Waals surface area contributed by atoms with Crippen molar-refractivity contribution >= 4 is 6.03 Å². The molecule has 2 rings (SSSR count). The molecule has 0 radical (unpaired) electrons. The van der Waals surface area contributed by atoms with Crippen LogP contribution in [0.4, 0.5) is 4.79 Å². The molecule has 4 N–H and O–H groups in total. The van der Waals surface area contributed by atoms with Gasteiger partial charge in [-0.05, 0) is 18.9 Å². The number of hydrogen-bond donors (Lipinski definition) is 3. The van der Waals surface area contributed by atoms with Crippen molar-refractivity contribution in [2.24, 2.45) is 5.73 Å². The average molecular weight is 224 g/mol. The highest BCUT2D eigenvalue weighted by Gasteiger charge is 2.31. The number of carbonyl (C=O) groups is 1. The molecule has 1 aliphatic carbocycles. The Kier molecular flexibility index (Phi) is 3.16. The van der Waals surface area contributed by atoms with Crippen LogP contribution in [-0.2, 0) is 0 Å². The highest BCUT2D eigenvalue weighted by Crippen LogP contribution is 2.19. The van der Waals surface area contributed by atoms with Gasteiger partial charge in [0.25, 0.3) is 0 Å². The second kappa shape index (κ2) is 4.43. The molecule has 5 nitrogen and oxygen atoms in total. The SMILES string of the molecule is CN1C=CC(N)(NC2CCCCC2)NC1=O. The van der Waals surface area contributed by atoms with Crippen molar-refractivity contribution in [1.82, 2.24) is 15.5 Å². The van der Waals surface area contributed by atoms with E-state index in [9.17, 15) is 4.79 Å². The van der Waals surface area contributed by atoms with E-state index in [0.717, 1.165) is 12.8 Å². The zero-order chi connectivity index (χ0) is 11.6. The van der Waals surface area contributed by atoms with E-state index in [4.69, 9.17) is 5.73 Å². The Hall–Kier alpha value is -1.07. The van der Waals surface area contributed by atoms with E-state index in [-0.39, 0.29) is 6.03 Å². The van der Waals surface area contributed by atoms with Gasteiger partial charge in [0.2, 0.25) is 0 Å². The average Bonchev–Trinajstić information content (AvgIpc) is 2.25. The van der Waals surface area contributed by atoms with E-state index in [1.807, 2.05) is 0 Å². The summed E-state index contributed by atoms with van der Waals surface area (Å²) in [6.07, 6.45) is 9.56. The molecular formula is C11H20N4O. The van der Waals surface area contributed by atoms with Crippen molar-refractivity contribution in [2.45, 2.75) is 43.9 Å². The maximum Gasteiger partial charge on any atom is 0.323 e. The first-order chi connectivity index (χ1) is 7.59. The fourth-order valence-electron chi connectivity index (χ4n) is 2.27. The molecule has 0 bridgehead atoms. The minimum Gasteiger partial charge on any atom is -0.304 e. The van der Waals surface area contributed by atoms with Gasteiger partial charge in [0.05, 0.1) is 0 Å². The third kappa shape index (κ3) is 2.54. The number of carbonyl (C=O) groups excluding carboxylic acids is 1. The summed E-state index contributed by atoms with van der Waals surface area (Å²) in [7, 11) is 1.70. The lowest BCUT2D eigenvalue weighted by atomic mass is 9.95. The molecular weight excluding hydrogens is 204 g/mol. The molecule has 0 aromatic heterocycles. The summed E-state index contributed by atoms with van der Waals surface area (Å²) < 4.78 is 0. The normalized spacial score (nSPS) is 31.6. The largest absolute Gasteiger partial charge is 0.323 e. The van der Waals surface area contributed by atoms with E-state index < -0.39 is 5.79 Å². The van der Waals surface area contributed by atoms with E-state index in [2.05, 4.69) is 10.6 Å². The standard InChI is InChI=1S/C11H20N4O/c1-15-8-7-11(12,14-10(15)16)13-9-5-3-2-4-6-9/h7-9,13H,2-6,12H2,1H3,(H,14,16). The number of nitrogens with zero attached hydrogens (tertiary/aromatic N) is 1. The van der Waals surface area contributed by atoms with Crippen LogP contribution >= 0.6 is 0 Å². The van der Waals surface area contributed by atoms with Crippen molar-refractivity contribution in [3.05, 3.63) is 12.3 Å². The molecule has 0 aromatic rings. The summed E-state index contributed by atoms with van der Waals surface area (Å²) in [5.41, 5.74) is 6.09. The molecule has 1 atom stereocenters. The highest BCUT2D eigenvalue weighted by molar-refractivity contribution is 5.77. The van der Waals surface area contributed by atoms with Crippen molar-refractivity contribution in [3.8, 4) is 0 Å². The zero-order valence-electron chi connectivity index (χ0n) is 9.70. The lowest BCUT2D eigenvalue weighted by Gasteiger charge is -2.38. The third-order valence-corrected chi connectivity index (χ3v) is 3.24. The number of amides is 2. The topological polar surface area (TPSA) is 70.4 Å². The molecule has 2 amide bonds. The number of nitrogens with two attached hydrogens (primary N) is 1. The Morgan fingerprint density at radius 3 is 2.81 bits per heavy atom. The van der Waals surface area contributed by atoms with Gasteiger partial charge < -0.3 is 10.2 Å². The third-order valence-electron chi connectivity index (χ3n) is 3.24. The first-order valence-electron chi connectivity index (χ1n) is 5.90. The van der Waals surface area contributed by atoms with Crippen LogP contribution in [0.15, 0.2) is 12.3 Å². The van der Waals surface area contributed by atoms with Gasteiger partial charge in [0.15, 0.2) is 5.79 Å². The van der Waals surface area contributed by atoms with Crippen LogP contribution in [0.2, 0.25) is 0 Å². The Bertz CT molecular complexity index is 298. The maximum atomic E-state index is 11.5. The second-order valence-corrected chi connectivity index (χ2v) is 4.71. The fourth-order valence-corrected chi connectivity index (χ4v) is 2.27.